The first kappa shape index (κ1) is 21.7. The number of aliphatic hydroxyl groups is 3. The molecule has 0 bridgehead atoms. The first-order chi connectivity index (χ1) is 15.4. The highest BCUT2D eigenvalue weighted by Crippen LogP contribution is 2.32. The second-order valence-corrected chi connectivity index (χ2v) is 7.02. The number of aliphatic hydroxyl groups excluding tert-OH is 3. The van der Waals surface area contributed by atoms with Crippen LogP contribution in [0, 0.1) is 0 Å². The number of nitrogen functional groups attached to an aromatic ring is 1. The molecule has 2 aromatic heterocycles. The van der Waals surface area contributed by atoms with Gasteiger partial charge >= 0.3 is 0 Å². The van der Waals surface area contributed by atoms with Crippen molar-refractivity contribution in [2.75, 3.05) is 24.4 Å². The molecule has 13 heteroatoms. The second-order valence-electron chi connectivity index (χ2n) is 7.02. The smallest absolute Gasteiger partial charge is 0.247 e. The highest BCUT2D eigenvalue weighted by atomic mass is 16.6. The fraction of sp³-hybridized carbons (Fsp3) is 0.368. The van der Waals surface area contributed by atoms with Gasteiger partial charge in [0.1, 0.15) is 23.8 Å². The molecule has 0 amide bonds. The van der Waals surface area contributed by atoms with Gasteiger partial charge in [0.25, 0.3) is 0 Å². The Balaban J connectivity index is 1.58. The van der Waals surface area contributed by atoms with Gasteiger partial charge in [-0.15, -0.1) is 0 Å². The lowest BCUT2D eigenvalue weighted by atomic mass is 10.1. The van der Waals surface area contributed by atoms with Gasteiger partial charge < -0.3 is 35.6 Å². The summed E-state index contributed by atoms with van der Waals surface area (Å²) in [5, 5.41) is 43.5. The third-order valence-corrected chi connectivity index (χ3v) is 4.90. The molecule has 170 valence electrons. The Morgan fingerprint density at radius 2 is 2.12 bits per heavy atom. The van der Waals surface area contributed by atoms with E-state index < -0.39 is 31.1 Å². The maximum Gasteiger partial charge on any atom is 0.247 e. The monoisotopic (exact) mass is 445 g/mol. The number of fused-ring (bicyclic) bond motifs is 1. The van der Waals surface area contributed by atoms with Crippen LogP contribution in [-0.2, 0) is 4.74 Å². The zero-order valence-corrected chi connectivity index (χ0v) is 17.0. The molecule has 1 saturated heterocycles. The number of aromatic nitrogens is 4. The van der Waals surface area contributed by atoms with Crippen molar-refractivity contribution in [3.63, 3.8) is 0 Å². The van der Waals surface area contributed by atoms with Crippen LogP contribution >= 0.6 is 0 Å². The molecule has 1 aromatic carbocycles. The second kappa shape index (κ2) is 8.92. The van der Waals surface area contributed by atoms with Crippen LogP contribution in [0.2, 0.25) is 0 Å². The number of aromatic hydroxyl groups is 1. The quantitative estimate of drug-likeness (QED) is 0.204. The van der Waals surface area contributed by atoms with Crippen molar-refractivity contribution in [3.05, 3.63) is 30.1 Å². The first-order valence-electron chi connectivity index (χ1n) is 9.80. The van der Waals surface area contributed by atoms with Gasteiger partial charge in [-0.1, -0.05) is 0 Å². The predicted octanol–water partition coefficient (Wildman–Crippen LogP) is -0.430. The number of hydrogen-bond donors (Lipinski definition) is 6. The summed E-state index contributed by atoms with van der Waals surface area (Å²) in [6, 6.07) is 4.77. The lowest BCUT2D eigenvalue weighted by molar-refractivity contribution is -0.0511. The molecule has 7 N–H and O–H groups in total. The molecule has 13 nitrogen and oxygen atoms in total. The summed E-state index contributed by atoms with van der Waals surface area (Å²) in [5.74, 6) is 0.488. The number of nitrogens with one attached hydrogen (secondary N) is 1. The van der Waals surface area contributed by atoms with E-state index in [1.165, 1.54) is 23.2 Å². The van der Waals surface area contributed by atoms with Gasteiger partial charge in [0.05, 0.1) is 25.8 Å². The number of hydrogen-bond acceptors (Lipinski definition) is 12. The van der Waals surface area contributed by atoms with E-state index in [2.05, 4.69) is 25.5 Å². The summed E-state index contributed by atoms with van der Waals surface area (Å²) in [6.07, 6.45) is -1.70. The number of nitrogens with two attached hydrogens (primary N) is 1. The van der Waals surface area contributed by atoms with Crippen molar-refractivity contribution in [3.8, 4) is 11.5 Å². The number of hydrazone groups is 1. The van der Waals surface area contributed by atoms with Crippen LogP contribution in [0.4, 0.5) is 11.8 Å². The summed E-state index contributed by atoms with van der Waals surface area (Å²) in [6.45, 7) is 1.76. The van der Waals surface area contributed by atoms with E-state index in [0.717, 1.165) is 0 Å². The average Bonchev–Trinajstić information content (AvgIpc) is 3.32. The van der Waals surface area contributed by atoms with Gasteiger partial charge in [-0.3, -0.25) is 4.57 Å². The van der Waals surface area contributed by atoms with E-state index >= 15 is 0 Å². The normalized spacial score (nSPS) is 23.2. The zero-order valence-electron chi connectivity index (χ0n) is 17.0. The third-order valence-electron chi connectivity index (χ3n) is 4.90. The average molecular weight is 445 g/mol. The zero-order chi connectivity index (χ0) is 22.8. The van der Waals surface area contributed by atoms with Crippen molar-refractivity contribution in [2.24, 2.45) is 5.10 Å². The van der Waals surface area contributed by atoms with E-state index in [-0.39, 0.29) is 28.7 Å². The Kier molecular flexibility index (Phi) is 6.05. The van der Waals surface area contributed by atoms with Crippen molar-refractivity contribution in [1.82, 2.24) is 19.5 Å². The fourth-order valence-corrected chi connectivity index (χ4v) is 3.33. The van der Waals surface area contributed by atoms with Gasteiger partial charge in [0, 0.05) is 0 Å². The van der Waals surface area contributed by atoms with Gasteiger partial charge in [0.15, 0.2) is 29.2 Å². The highest BCUT2D eigenvalue weighted by molar-refractivity contribution is 5.84. The molecule has 0 spiro atoms. The Morgan fingerprint density at radius 1 is 1.31 bits per heavy atom. The number of anilines is 2. The van der Waals surface area contributed by atoms with E-state index in [4.69, 9.17) is 15.2 Å². The molecule has 4 unspecified atom stereocenters. The maximum atomic E-state index is 10.3. The van der Waals surface area contributed by atoms with Crippen LogP contribution in [0.3, 0.4) is 0 Å². The number of nitrogens with zero attached hydrogens (tertiary/aromatic N) is 5. The molecule has 1 aliphatic rings. The summed E-state index contributed by atoms with van der Waals surface area (Å²) < 4.78 is 12.3. The Bertz CT molecular complexity index is 1140. The van der Waals surface area contributed by atoms with Crippen molar-refractivity contribution in [1.29, 1.82) is 0 Å². The van der Waals surface area contributed by atoms with Crippen LogP contribution < -0.4 is 15.9 Å². The number of phenols is 1. The number of benzene rings is 1. The molecule has 3 heterocycles. The molecule has 3 aromatic rings. The van der Waals surface area contributed by atoms with Crippen molar-refractivity contribution in [2.45, 2.75) is 31.5 Å². The van der Waals surface area contributed by atoms with Crippen LogP contribution in [0.25, 0.3) is 11.2 Å². The largest absolute Gasteiger partial charge is 0.504 e. The van der Waals surface area contributed by atoms with Crippen LogP contribution in [0.5, 0.6) is 11.5 Å². The number of ether oxygens (including phenoxy) is 2. The molecule has 4 rings (SSSR count). The van der Waals surface area contributed by atoms with Crippen LogP contribution in [0.1, 0.15) is 18.7 Å². The minimum atomic E-state index is -1.30. The lowest BCUT2D eigenvalue weighted by Gasteiger charge is -2.16. The van der Waals surface area contributed by atoms with Crippen molar-refractivity contribution >= 4 is 29.1 Å². The number of phenolic OH excluding ortho intramolecular Hbond substituents is 1. The molecular formula is C19H23N7O6. The molecule has 0 saturated carbocycles. The minimum absolute atomic E-state index is 0.0247. The van der Waals surface area contributed by atoms with Crippen LogP contribution in [-0.4, -0.2) is 77.7 Å². The van der Waals surface area contributed by atoms with Crippen molar-refractivity contribution < 1.29 is 29.9 Å². The molecular weight excluding hydrogens is 422 g/mol. The SMILES string of the molecule is CCOc1cc(/C=N/Nc2nc(N)c3ncn(C4OC(CO)C(O)C4O)c3n2)ccc1O. The minimum Gasteiger partial charge on any atom is -0.504 e. The van der Waals surface area contributed by atoms with E-state index in [1.807, 2.05) is 6.92 Å². The first-order valence-corrected chi connectivity index (χ1v) is 9.80. The molecule has 4 atom stereocenters. The summed E-state index contributed by atoms with van der Waals surface area (Å²) in [7, 11) is 0. The molecule has 0 aliphatic carbocycles. The Hall–Kier alpha value is -3.52. The maximum absolute atomic E-state index is 10.3. The summed E-state index contributed by atoms with van der Waals surface area (Å²) in [4.78, 5) is 12.6. The molecule has 1 aliphatic heterocycles. The Labute approximate surface area is 181 Å². The highest BCUT2D eigenvalue weighted by Gasteiger charge is 2.44. The van der Waals surface area contributed by atoms with Crippen LogP contribution in [0.15, 0.2) is 29.6 Å². The number of rotatable bonds is 7. The topological polar surface area (TPSA) is 193 Å². The standard InChI is InChI=1S/C19H23N7O6/c1-2-31-11-5-9(3-4-10(11)28)6-22-25-19-23-16(20)13-17(24-19)26(8-21-13)18-15(30)14(29)12(7-27)32-18/h3-6,8,12,14-15,18,27-30H,2,7H2,1H3,(H3,20,23,24,25)/b22-6+. The summed E-state index contributed by atoms with van der Waals surface area (Å²) >= 11 is 0. The number of imidazole rings is 1. The van der Waals surface area contributed by atoms with Gasteiger partial charge in [-0.2, -0.15) is 15.1 Å². The van der Waals surface area contributed by atoms with E-state index in [9.17, 15) is 20.4 Å². The summed E-state index contributed by atoms with van der Waals surface area (Å²) in [5.41, 5.74) is 9.83. The fourth-order valence-electron chi connectivity index (χ4n) is 3.33. The van der Waals surface area contributed by atoms with E-state index in [0.29, 0.717) is 17.9 Å². The third kappa shape index (κ3) is 4.01. The predicted molar refractivity (Wildman–Crippen MR) is 113 cm³/mol. The van der Waals surface area contributed by atoms with Gasteiger partial charge in [0.2, 0.25) is 5.95 Å². The molecule has 1 fully saturated rings. The van der Waals surface area contributed by atoms with Gasteiger partial charge in [-0.05, 0) is 30.7 Å². The lowest BCUT2D eigenvalue weighted by Crippen LogP contribution is -2.33. The Morgan fingerprint density at radius 3 is 2.84 bits per heavy atom. The van der Waals surface area contributed by atoms with E-state index in [1.54, 1.807) is 12.1 Å². The van der Waals surface area contributed by atoms with Gasteiger partial charge in [-0.25, -0.2) is 10.4 Å². The molecule has 0 radical (unpaired) electrons. The molecule has 32 heavy (non-hydrogen) atoms.